The summed E-state index contributed by atoms with van der Waals surface area (Å²) in [5, 5.41) is 6.51. The second-order valence-electron chi connectivity index (χ2n) is 6.92. The first-order chi connectivity index (χ1) is 14.4. The predicted octanol–water partition coefficient (Wildman–Crippen LogP) is 3.56. The number of aryl methyl sites for hydroxylation is 1. The number of halogens is 1. The number of hydrogen-bond acceptors (Lipinski definition) is 3. The topological polar surface area (TPSA) is 75.5 Å². The molecule has 3 rings (SSSR count). The molecular weight excluding hydrogens is 383 g/mol. The van der Waals surface area contributed by atoms with Crippen molar-refractivity contribution in [3.05, 3.63) is 89.0 Å². The van der Waals surface area contributed by atoms with Crippen molar-refractivity contribution in [1.29, 1.82) is 0 Å². The molecule has 0 unspecified atom stereocenters. The van der Waals surface area contributed by atoms with Crippen LogP contribution in [0.15, 0.2) is 65.8 Å². The van der Waals surface area contributed by atoms with Crippen LogP contribution in [0.2, 0.25) is 0 Å². The minimum absolute atomic E-state index is 0.312. The van der Waals surface area contributed by atoms with Crippen LogP contribution in [0.25, 0.3) is 5.69 Å². The normalized spacial score (nSPS) is 12.0. The molecule has 30 heavy (non-hydrogen) atoms. The highest BCUT2D eigenvalue weighted by Crippen LogP contribution is 2.21. The van der Waals surface area contributed by atoms with Crippen LogP contribution < -0.4 is 10.7 Å². The van der Waals surface area contributed by atoms with Crippen molar-refractivity contribution in [2.24, 2.45) is 5.10 Å². The van der Waals surface area contributed by atoms with Gasteiger partial charge in [0.15, 0.2) is 0 Å². The lowest BCUT2D eigenvalue weighted by Gasteiger charge is -2.13. The molecule has 3 aromatic rings. The SMILES string of the molecule is Cc1cc(/C=N\NC(=O)C(=O)N[C@H](C)c2ccccc2)c(C)n1-c1ccccc1F. The Morgan fingerprint density at radius 1 is 1.03 bits per heavy atom. The van der Waals surface area contributed by atoms with Crippen LogP contribution in [-0.2, 0) is 9.59 Å². The number of amides is 2. The number of benzene rings is 2. The van der Waals surface area contributed by atoms with Crippen molar-refractivity contribution in [2.75, 3.05) is 0 Å². The second kappa shape index (κ2) is 9.17. The number of rotatable bonds is 5. The predicted molar refractivity (Wildman–Crippen MR) is 114 cm³/mol. The molecule has 0 aliphatic rings. The van der Waals surface area contributed by atoms with Crippen molar-refractivity contribution in [3.8, 4) is 5.69 Å². The largest absolute Gasteiger partial charge is 0.341 e. The van der Waals surface area contributed by atoms with E-state index in [-0.39, 0.29) is 11.9 Å². The molecule has 7 heteroatoms. The van der Waals surface area contributed by atoms with Gasteiger partial charge >= 0.3 is 11.8 Å². The Bertz CT molecular complexity index is 1090. The molecular formula is C23H23FN4O2. The molecule has 1 atom stereocenters. The number of carbonyl (C=O) groups is 2. The van der Waals surface area contributed by atoms with E-state index < -0.39 is 11.8 Å². The molecule has 2 amide bonds. The average molecular weight is 406 g/mol. The number of carbonyl (C=O) groups excluding carboxylic acids is 2. The smallest absolute Gasteiger partial charge is 0.329 e. The molecule has 6 nitrogen and oxygen atoms in total. The van der Waals surface area contributed by atoms with Crippen LogP contribution in [0.1, 0.15) is 35.5 Å². The molecule has 2 aromatic carbocycles. The van der Waals surface area contributed by atoms with Crippen LogP contribution in [0.4, 0.5) is 4.39 Å². The molecule has 0 aliphatic carbocycles. The van der Waals surface area contributed by atoms with E-state index in [1.807, 2.05) is 50.2 Å². The van der Waals surface area contributed by atoms with Gasteiger partial charge in [-0.1, -0.05) is 42.5 Å². The Morgan fingerprint density at radius 3 is 2.40 bits per heavy atom. The fourth-order valence-corrected chi connectivity index (χ4v) is 3.22. The lowest BCUT2D eigenvalue weighted by Crippen LogP contribution is -2.39. The summed E-state index contributed by atoms with van der Waals surface area (Å²) in [6.45, 7) is 5.48. The van der Waals surface area contributed by atoms with Gasteiger partial charge in [0.25, 0.3) is 0 Å². The van der Waals surface area contributed by atoms with Gasteiger partial charge in [0.05, 0.1) is 17.9 Å². The summed E-state index contributed by atoms with van der Waals surface area (Å²) in [6, 6.07) is 17.3. The highest BCUT2D eigenvalue weighted by atomic mass is 19.1. The van der Waals surface area contributed by atoms with Crippen molar-refractivity contribution in [1.82, 2.24) is 15.3 Å². The van der Waals surface area contributed by atoms with Gasteiger partial charge in [-0.2, -0.15) is 5.10 Å². The van der Waals surface area contributed by atoms with Gasteiger partial charge in [0.2, 0.25) is 0 Å². The van der Waals surface area contributed by atoms with Crippen LogP contribution in [0, 0.1) is 19.7 Å². The van der Waals surface area contributed by atoms with Gasteiger partial charge in [-0.05, 0) is 44.5 Å². The first-order valence-corrected chi connectivity index (χ1v) is 9.51. The number of aromatic nitrogens is 1. The van der Waals surface area contributed by atoms with Gasteiger partial charge in [-0.25, -0.2) is 9.82 Å². The van der Waals surface area contributed by atoms with Crippen molar-refractivity contribution >= 4 is 18.0 Å². The molecule has 0 saturated carbocycles. The van der Waals surface area contributed by atoms with E-state index in [0.29, 0.717) is 11.3 Å². The highest BCUT2D eigenvalue weighted by molar-refractivity contribution is 6.35. The molecule has 1 aromatic heterocycles. The molecule has 2 N–H and O–H groups in total. The van der Waals surface area contributed by atoms with Gasteiger partial charge < -0.3 is 9.88 Å². The lowest BCUT2D eigenvalue weighted by atomic mass is 10.1. The van der Waals surface area contributed by atoms with Crippen LogP contribution in [-0.4, -0.2) is 22.6 Å². The van der Waals surface area contributed by atoms with Gasteiger partial charge in [0.1, 0.15) is 5.82 Å². The summed E-state index contributed by atoms with van der Waals surface area (Å²) in [7, 11) is 0. The van der Waals surface area contributed by atoms with Gasteiger partial charge in [-0.15, -0.1) is 0 Å². The molecule has 0 radical (unpaired) electrons. The standard InChI is InChI=1S/C23H23FN4O2/c1-15-13-19(17(3)28(15)21-12-8-7-11-20(21)24)14-25-27-23(30)22(29)26-16(2)18-9-5-4-6-10-18/h4-14,16H,1-3H3,(H,26,29)(H,27,30)/b25-14-/t16-/m1/s1. The maximum Gasteiger partial charge on any atom is 0.329 e. The third kappa shape index (κ3) is 4.63. The van der Waals surface area contributed by atoms with E-state index in [9.17, 15) is 14.0 Å². The van der Waals surface area contributed by atoms with E-state index in [4.69, 9.17) is 0 Å². The Balaban J connectivity index is 1.65. The van der Waals surface area contributed by atoms with Crippen LogP contribution in [0.5, 0.6) is 0 Å². The Labute approximate surface area is 174 Å². The second-order valence-corrected chi connectivity index (χ2v) is 6.92. The van der Waals surface area contributed by atoms with Gasteiger partial charge in [0, 0.05) is 17.0 Å². The van der Waals surface area contributed by atoms with E-state index in [0.717, 1.165) is 17.0 Å². The summed E-state index contributed by atoms with van der Waals surface area (Å²) in [5.41, 5.74) is 5.84. The van der Waals surface area contributed by atoms with Crippen molar-refractivity contribution in [2.45, 2.75) is 26.8 Å². The van der Waals surface area contributed by atoms with Crippen molar-refractivity contribution in [3.63, 3.8) is 0 Å². The minimum Gasteiger partial charge on any atom is -0.341 e. The van der Waals surface area contributed by atoms with E-state index >= 15 is 0 Å². The molecule has 0 bridgehead atoms. The number of para-hydroxylation sites is 1. The fraction of sp³-hybridized carbons (Fsp3) is 0.174. The maximum absolute atomic E-state index is 14.2. The monoisotopic (exact) mass is 406 g/mol. The number of nitrogens with zero attached hydrogens (tertiary/aromatic N) is 2. The Morgan fingerprint density at radius 2 is 1.70 bits per heavy atom. The molecule has 154 valence electrons. The van der Waals surface area contributed by atoms with E-state index in [1.54, 1.807) is 29.7 Å². The summed E-state index contributed by atoms with van der Waals surface area (Å²) in [6.07, 6.45) is 1.44. The zero-order valence-electron chi connectivity index (χ0n) is 17.0. The van der Waals surface area contributed by atoms with Crippen LogP contribution in [0.3, 0.4) is 0 Å². The summed E-state index contributed by atoms with van der Waals surface area (Å²) >= 11 is 0. The number of hydrogen-bond donors (Lipinski definition) is 2. The Kier molecular flexibility index (Phi) is 6.41. The van der Waals surface area contributed by atoms with E-state index in [2.05, 4.69) is 15.8 Å². The molecule has 0 aliphatic heterocycles. The first kappa shape index (κ1) is 21.0. The number of nitrogens with one attached hydrogen (secondary N) is 2. The third-order valence-electron chi connectivity index (χ3n) is 4.79. The zero-order valence-corrected chi connectivity index (χ0v) is 17.0. The van der Waals surface area contributed by atoms with E-state index in [1.165, 1.54) is 12.3 Å². The molecule has 1 heterocycles. The lowest BCUT2D eigenvalue weighted by molar-refractivity contribution is -0.139. The zero-order chi connectivity index (χ0) is 21.7. The molecule has 0 spiro atoms. The fourth-order valence-electron chi connectivity index (χ4n) is 3.22. The molecule has 0 fully saturated rings. The van der Waals surface area contributed by atoms with Gasteiger partial charge in [-0.3, -0.25) is 9.59 Å². The first-order valence-electron chi connectivity index (χ1n) is 9.51. The third-order valence-corrected chi connectivity index (χ3v) is 4.79. The van der Waals surface area contributed by atoms with Crippen molar-refractivity contribution < 1.29 is 14.0 Å². The summed E-state index contributed by atoms with van der Waals surface area (Å²) in [5.74, 6) is -1.97. The Hall–Kier alpha value is -3.74. The average Bonchev–Trinajstić information content (AvgIpc) is 3.02. The highest BCUT2D eigenvalue weighted by Gasteiger charge is 2.17. The minimum atomic E-state index is -0.864. The molecule has 0 saturated heterocycles. The number of hydrazone groups is 1. The summed E-state index contributed by atoms with van der Waals surface area (Å²) < 4.78 is 15.9. The summed E-state index contributed by atoms with van der Waals surface area (Å²) in [4.78, 5) is 24.1. The maximum atomic E-state index is 14.2. The van der Waals surface area contributed by atoms with Crippen LogP contribution >= 0.6 is 0 Å². The quantitative estimate of drug-likeness (QED) is 0.386.